The molecule has 2 aromatic rings. The first kappa shape index (κ1) is 15.5. The highest BCUT2D eigenvalue weighted by Crippen LogP contribution is 2.17. The molecule has 106 valence electrons. The van der Waals surface area contributed by atoms with Crippen molar-refractivity contribution in [1.82, 2.24) is 0 Å². The highest BCUT2D eigenvalue weighted by molar-refractivity contribution is 9.10. The Labute approximate surface area is 136 Å². The van der Waals surface area contributed by atoms with Crippen molar-refractivity contribution in [2.24, 2.45) is 5.73 Å². The first-order chi connectivity index (χ1) is 9.63. The molecular weight excluding hydrogens is 382 g/mol. The third kappa shape index (κ3) is 5.27. The Morgan fingerprint density at radius 1 is 1.00 bits per heavy atom. The van der Waals surface area contributed by atoms with Crippen LogP contribution in [0.4, 0.5) is 0 Å². The maximum absolute atomic E-state index is 6.14. The van der Waals surface area contributed by atoms with Crippen LogP contribution in [0.25, 0.3) is 0 Å². The number of ether oxygens (including phenoxy) is 1. The highest BCUT2D eigenvalue weighted by atomic mass is 79.9. The van der Waals surface area contributed by atoms with Crippen LogP contribution in [-0.4, -0.2) is 12.6 Å². The SMILES string of the molecule is NC(CCOc1ccc(Br)cc1)Cc1cccc(Br)c1. The Kier molecular flexibility index (Phi) is 6.07. The molecule has 0 saturated heterocycles. The lowest BCUT2D eigenvalue weighted by molar-refractivity contribution is 0.297. The van der Waals surface area contributed by atoms with Crippen LogP contribution in [0.1, 0.15) is 12.0 Å². The van der Waals surface area contributed by atoms with E-state index in [-0.39, 0.29) is 6.04 Å². The lowest BCUT2D eigenvalue weighted by Crippen LogP contribution is -2.25. The first-order valence-corrected chi connectivity index (χ1v) is 8.10. The largest absolute Gasteiger partial charge is 0.494 e. The molecule has 2 aromatic carbocycles. The van der Waals surface area contributed by atoms with E-state index >= 15 is 0 Å². The average Bonchev–Trinajstić information content (AvgIpc) is 2.41. The molecule has 20 heavy (non-hydrogen) atoms. The fraction of sp³-hybridized carbons (Fsp3) is 0.250. The molecule has 1 atom stereocenters. The third-order valence-electron chi connectivity index (χ3n) is 2.96. The van der Waals surface area contributed by atoms with Gasteiger partial charge in [0.15, 0.2) is 0 Å². The molecule has 0 spiro atoms. The predicted molar refractivity (Wildman–Crippen MR) is 90.1 cm³/mol. The molecule has 0 bridgehead atoms. The Balaban J connectivity index is 1.75. The predicted octanol–water partition coefficient (Wildman–Crippen LogP) is 4.55. The summed E-state index contributed by atoms with van der Waals surface area (Å²) in [5, 5.41) is 0. The number of hydrogen-bond acceptors (Lipinski definition) is 2. The Hall–Kier alpha value is -0.840. The second-order valence-corrected chi connectivity index (χ2v) is 6.52. The monoisotopic (exact) mass is 397 g/mol. The Bertz CT molecular complexity index is 542. The number of nitrogens with two attached hydrogens (primary N) is 1. The van der Waals surface area contributed by atoms with E-state index in [1.54, 1.807) is 0 Å². The minimum Gasteiger partial charge on any atom is -0.494 e. The van der Waals surface area contributed by atoms with Gasteiger partial charge in [0.25, 0.3) is 0 Å². The summed E-state index contributed by atoms with van der Waals surface area (Å²) in [6, 6.07) is 16.2. The van der Waals surface area contributed by atoms with Crippen molar-refractivity contribution in [2.45, 2.75) is 18.9 Å². The maximum atomic E-state index is 6.14. The van der Waals surface area contributed by atoms with Gasteiger partial charge in [0.1, 0.15) is 5.75 Å². The van der Waals surface area contributed by atoms with Gasteiger partial charge in [-0.25, -0.2) is 0 Å². The van der Waals surface area contributed by atoms with Crippen molar-refractivity contribution < 1.29 is 4.74 Å². The van der Waals surface area contributed by atoms with Gasteiger partial charge in [0, 0.05) is 15.0 Å². The van der Waals surface area contributed by atoms with Gasteiger partial charge in [-0.3, -0.25) is 0 Å². The summed E-state index contributed by atoms with van der Waals surface area (Å²) in [6.07, 6.45) is 1.70. The second kappa shape index (κ2) is 7.81. The molecule has 2 N–H and O–H groups in total. The quantitative estimate of drug-likeness (QED) is 0.774. The van der Waals surface area contributed by atoms with Crippen molar-refractivity contribution >= 4 is 31.9 Å². The minimum absolute atomic E-state index is 0.111. The Morgan fingerprint density at radius 2 is 1.75 bits per heavy atom. The van der Waals surface area contributed by atoms with Crippen LogP contribution in [-0.2, 0) is 6.42 Å². The van der Waals surface area contributed by atoms with Crippen LogP contribution in [0.5, 0.6) is 5.75 Å². The van der Waals surface area contributed by atoms with Crippen LogP contribution in [0.3, 0.4) is 0 Å². The molecule has 0 saturated carbocycles. The van der Waals surface area contributed by atoms with Crippen molar-refractivity contribution in [3.8, 4) is 5.75 Å². The molecule has 0 amide bonds. The summed E-state index contributed by atoms with van der Waals surface area (Å²) in [5.41, 5.74) is 7.39. The van der Waals surface area contributed by atoms with Gasteiger partial charge in [-0.1, -0.05) is 44.0 Å². The van der Waals surface area contributed by atoms with Crippen molar-refractivity contribution in [1.29, 1.82) is 0 Å². The lowest BCUT2D eigenvalue weighted by atomic mass is 10.0. The smallest absolute Gasteiger partial charge is 0.119 e. The number of benzene rings is 2. The molecule has 0 aliphatic carbocycles. The highest BCUT2D eigenvalue weighted by Gasteiger charge is 2.05. The zero-order chi connectivity index (χ0) is 14.4. The van der Waals surface area contributed by atoms with Crippen molar-refractivity contribution in [2.75, 3.05) is 6.61 Å². The van der Waals surface area contributed by atoms with Gasteiger partial charge in [-0.2, -0.15) is 0 Å². The molecular formula is C16H17Br2NO. The zero-order valence-corrected chi connectivity index (χ0v) is 14.2. The standard InChI is InChI=1S/C16H17Br2NO/c17-13-4-6-16(7-5-13)20-9-8-15(19)11-12-2-1-3-14(18)10-12/h1-7,10,15H,8-9,11,19H2. The molecule has 0 fully saturated rings. The molecule has 0 radical (unpaired) electrons. The molecule has 0 heterocycles. The van der Waals surface area contributed by atoms with E-state index in [9.17, 15) is 0 Å². The van der Waals surface area contributed by atoms with E-state index < -0.39 is 0 Å². The Morgan fingerprint density at radius 3 is 2.45 bits per heavy atom. The van der Waals surface area contributed by atoms with Crippen LogP contribution >= 0.6 is 31.9 Å². The molecule has 4 heteroatoms. The van der Waals surface area contributed by atoms with Gasteiger partial charge in [-0.05, 0) is 54.8 Å². The summed E-state index contributed by atoms with van der Waals surface area (Å²) in [7, 11) is 0. The van der Waals surface area contributed by atoms with E-state index in [2.05, 4.69) is 44.0 Å². The van der Waals surface area contributed by atoms with Crippen molar-refractivity contribution in [3.63, 3.8) is 0 Å². The van der Waals surface area contributed by atoms with Crippen LogP contribution in [0.2, 0.25) is 0 Å². The van der Waals surface area contributed by atoms with E-state index in [1.165, 1.54) is 5.56 Å². The molecule has 0 aliphatic heterocycles. The van der Waals surface area contributed by atoms with Gasteiger partial charge in [0.05, 0.1) is 6.61 Å². The molecule has 1 unspecified atom stereocenters. The fourth-order valence-electron chi connectivity index (χ4n) is 1.93. The zero-order valence-electron chi connectivity index (χ0n) is 11.1. The van der Waals surface area contributed by atoms with Gasteiger partial charge in [0.2, 0.25) is 0 Å². The number of hydrogen-bond donors (Lipinski definition) is 1. The van der Waals surface area contributed by atoms with Crippen LogP contribution < -0.4 is 10.5 Å². The first-order valence-electron chi connectivity index (χ1n) is 6.52. The van der Waals surface area contributed by atoms with Gasteiger partial charge < -0.3 is 10.5 Å². The normalized spacial score (nSPS) is 12.2. The van der Waals surface area contributed by atoms with Gasteiger partial charge in [-0.15, -0.1) is 0 Å². The number of rotatable bonds is 6. The average molecular weight is 399 g/mol. The summed E-state index contributed by atoms with van der Waals surface area (Å²) in [6.45, 7) is 0.636. The van der Waals surface area contributed by atoms with Gasteiger partial charge >= 0.3 is 0 Å². The molecule has 0 aromatic heterocycles. The summed E-state index contributed by atoms with van der Waals surface area (Å²) in [5.74, 6) is 0.878. The topological polar surface area (TPSA) is 35.2 Å². The van der Waals surface area contributed by atoms with E-state index in [4.69, 9.17) is 10.5 Å². The van der Waals surface area contributed by atoms with Crippen LogP contribution in [0, 0.1) is 0 Å². The minimum atomic E-state index is 0.111. The van der Waals surface area contributed by atoms with E-state index in [0.29, 0.717) is 6.61 Å². The van der Waals surface area contributed by atoms with E-state index in [0.717, 1.165) is 27.5 Å². The fourth-order valence-corrected chi connectivity index (χ4v) is 2.64. The summed E-state index contributed by atoms with van der Waals surface area (Å²) in [4.78, 5) is 0. The molecule has 2 nitrogen and oxygen atoms in total. The van der Waals surface area contributed by atoms with E-state index in [1.807, 2.05) is 36.4 Å². The maximum Gasteiger partial charge on any atom is 0.119 e. The molecule has 0 aliphatic rings. The van der Waals surface area contributed by atoms with Crippen molar-refractivity contribution in [3.05, 3.63) is 63.0 Å². The molecule has 2 rings (SSSR count). The summed E-state index contributed by atoms with van der Waals surface area (Å²) >= 11 is 6.87. The van der Waals surface area contributed by atoms with Crippen LogP contribution in [0.15, 0.2) is 57.5 Å². The second-order valence-electron chi connectivity index (χ2n) is 4.69. The summed E-state index contributed by atoms with van der Waals surface area (Å²) < 4.78 is 7.83. The lowest BCUT2D eigenvalue weighted by Gasteiger charge is -2.13. The third-order valence-corrected chi connectivity index (χ3v) is 3.98. The number of halogens is 2.